The molecule has 9 nitrogen and oxygen atoms in total. The van der Waals surface area contributed by atoms with Crippen LogP contribution >= 0.6 is 12.2 Å². The SMILES string of the molecule is CCc1cc(N2C(=S)N(c3ccc(C#N)c(C(F)(F)F)c3)C(=O)C2(C)C)ccc1OCCN1CCN(C(=O)O)C[C@@H]1C. The highest BCUT2D eigenvalue weighted by Crippen LogP contribution is 2.40. The monoisotopic (exact) mass is 603 g/mol. The first-order valence-electron chi connectivity index (χ1n) is 13.5. The van der Waals surface area contributed by atoms with Crippen LogP contribution in [0.3, 0.4) is 0 Å². The quantitative estimate of drug-likeness (QED) is 0.436. The lowest BCUT2D eigenvalue weighted by atomic mass is 10.0. The van der Waals surface area contributed by atoms with Crippen LogP contribution in [0.5, 0.6) is 5.75 Å². The summed E-state index contributed by atoms with van der Waals surface area (Å²) in [6, 6.07) is 10.1. The lowest BCUT2D eigenvalue weighted by molar-refractivity contribution is -0.137. The first-order chi connectivity index (χ1) is 19.7. The molecule has 0 aliphatic carbocycles. The van der Waals surface area contributed by atoms with Gasteiger partial charge in [0.15, 0.2) is 5.11 Å². The number of hydrogen-bond donors (Lipinski definition) is 1. The fourth-order valence-corrected chi connectivity index (χ4v) is 5.88. The standard InChI is InChI=1S/C29H32F3N5O4S/c1-5-19-14-22(8-9-24(19)41-13-12-34-10-11-35(27(39)40)17-18(34)2)37-26(42)36(25(38)28(37,3)4)21-7-6-20(16-33)23(15-21)29(30,31)32/h6-9,14-15,18H,5,10-13,17H2,1-4H3,(H,39,40)/t18-/m0/s1. The van der Waals surface area contributed by atoms with Crippen LogP contribution in [0.2, 0.25) is 0 Å². The Morgan fingerprint density at radius 1 is 1.19 bits per heavy atom. The maximum absolute atomic E-state index is 13.6. The Labute approximate surface area is 247 Å². The molecule has 2 fully saturated rings. The van der Waals surface area contributed by atoms with Crippen molar-refractivity contribution in [1.29, 1.82) is 5.26 Å². The highest BCUT2D eigenvalue weighted by atomic mass is 32.1. The molecule has 0 spiro atoms. The molecule has 1 N–H and O–H groups in total. The van der Waals surface area contributed by atoms with Gasteiger partial charge in [0.2, 0.25) is 0 Å². The number of anilines is 2. The zero-order valence-corrected chi connectivity index (χ0v) is 24.6. The predicted molar refractivity (Wildman–Crippen MR) is 155 cm³/mol. The molecule has 2 saturated heterocycles. The van der Waals surface area contributed by atoms with E-state index in [0.717, 1.165) is 22.6 Å². The number of benzene rings is 2. The Bertz CT molecular complexity index is 1440. The number of alkyl halides is 3. The number of carboxylic acid groups (broad SMARTS) is 1. The van der Waals surface area contributed by atoms with Crippen LogP contribution in [0.25, 0.3) is 0 Å². The van der Waals surface area contributed by atoms with Gasteiger partial charge in [-0.25, -0.2) is 4.79 Å². The first kappa shape index (κ1) is 31.1. The lowest BCUT2D eigenvalue weighted by Gasteiger charge is -2.38. The molecule has 2 heterocycles. The zero-order valence-electron chi connectivity index (χ0n) is 23.7. The van der Waals surface area contributed by atoms with E-state index in [9.17, 15) is 27.9 Å². The minimum atomic E-state index is -4.78. The van der Waals surface area contributed by atoms with E-state index in [1.807, 2.05) is 19.9 Å². The second kappa shape index (κ2) is 11.8. The number of halogens is 3. The molecule has 0 radical (unpaired) electrons. The number of aryl methyl sites for hydroxylation is 1. The van der Waals surface area contributed by atoms with Gasteiger partial charge in [0, 0.05) is 37.9 Å². The van der Waals surface area contributed by atoms with Crippen LogP contribution in [0.15, 0.2) is 36.4 Å². The number of carbonyl (C=O) groups is 2. The van der Waals surface area contributed by atoms with E-state index < -0.39 is 34.8 Å². The summed E-state index contributed by atoms with van der Waals surface area (Å²) < 4.78 is 47.0. The molecule has 0 saturated carbocycles. The van der Waals surface area contributed by atoms with Crippen molar-refractivity contribution in [2.45, 2.75) is 51.9 Å². The van der Waals surface area contributed by atoms with Crippen LogP contribution in [-0.2, 0) is 17.4 Å². The zero-order chi connectivity index (χ0) is 31.0. The molecule has 1 atom stereocenters. The van der Waals surface area contributed by atoms with Gasteiger partial charge < -0.3 is 19.6 Å². The van der Waals surface area contributed by atoms with Gasteiger partial charge in [-0.3, -0.25) is 14.6 Å². The predicted octanol–water partition coefficient (Wildman–Crippen LogP) is 5.12. The smallest absolute Gasteiger partial charge is 0.417 e. The van der Waals surface area contributed by atoms with E-state index in [4.69, 9.17) is 22.2 Å². The Hall–Kier alpha value is -3.89. The summed E-state index contributed by atoms with van der Waals surface area (Å²) in [5.41, 5.74) is -1.50. The molecule has 42 heavy (non-hydrogen) atoms. The van der Waals surface area contributed by atoms with Crippen molar-refractivity contribution < 1.29 is 32.6 Å². The molecule has 2 aromatic carbocycles. The third kappa shape index (κ3) is 5.87. The highest BCUT2D eigenvalue weighted by molar-refractivity contribution is 7.81. The molecule has 2 aliphatic heterocycles. The van der Waals surface area contributed by atoms with Gasteiger partial charge in [-0.15, -0.1) is 0 Å². The summed E-state index contributed by atoms with van der Waals surface area (Å²) in [6.45, 7) is 9.75. The van der Waals surface area contributed by atoms with Gasteiger partial charge in [0.05, 0.1) is 22.9 Å². The fourth-order valence-electron chi connectivity index (χ4n) is 5.36. The number of piperazine rings is 1. The van der Waals surface area contributed by atoms with Gasteiger partial charge in [0.1, 0.15) is 17.9 Å². The molecule has 2 aliphatic rings. The number of rotatable bonds is 7. The number of ether oxygens (including phenoxy) is 1. The number of thiocarbonyl (C=S) groups is 1. The molecule has 0 aromatic heterocycles. The largest absolute Gasteiger partial charge is 0.492 e. The minimum Gasteiger partial charge on any atom is -0.492 e. The Morgan fingerprint density at radius 3 is 2.48 bits per heavy atom. The second-order valence-corrected chi connectivity index (χ2v) is 11.1. The molecule has 0 unspecified atom stereocenters. The van der Waals surface area contributed by atoms with Crippen LogP contribution in [0.1, 0.15) is 44.4 Å². The number of nitriles is 1. The van der Waals surface area contributed by atoms with Gasteiger partial charge in [-0.2, -0.15) is 18.4 Å². The molecule has 0 bridgehead atoms. The third-order valence-electron chi connectivity index (χ3n) is 7.71. The maximum atomic E-state index is 13.6. The van der Waals surface area contributed by atoms with E-state index in [1.165, 1.54) is 11.0 Å². The molecule has 13 heteroatoms. The Balaban J connectivity index is 1.53. The van der Waals surface area contributed by atoms with Crippen molar-refractivity contribution >= 4 is 40.7 Å². The number of hydrogen-bond acceptors (Lipinski definition) is 6. The van der Waals surface area contributed by atoms with Crippen molar-refractivity contribution in [3.63, 3.8) is 0 Å². The second-order valence-electron chi connectivity index (χ2n) is 10.8. The van der Waals surface area contributed by atoms with E-state index in [2.05, 4.69) is 4.90 Å². The molecule has 2 amide bonds. The summed E-state index contributed by atoms with van der Waals surface area (Å²) in [5, 5.41) is 18.4. The van der Waals surface area contributed by atoms with Crippen LogP contribution in [0, 0.1) is 11.3 Å². The average molecular weight is 604 g/mol. The summed E-state index contributed by atoms with van der Waals surface area (Å²) in [4.78, 5) is 31.0. The van der Waals surface area contributed by atoms with Crippen LogP contribution in [0.4, 0.5) is 29.3 Å². The van der Waals surface area contributed by atoms with Gasteiger partial charge in [0.25, 0.3) is 5.91 Å². The first-order valence-corrected chi connectivity index (χ1v) is 13.9. The Morgan fingerprint density at radius 2 is 1.88 bits per heavy atom. The minimum absolute atomic E-state index is 0.0213. The summed E-state index contributed by atoms with van der Waals surface area (Å²) in [5.74, 6) is 0.159. The van der Waals surface area contributed by atoms with Crippen molar-refractivity contribution in [3.05, 3.63) is 53.1 Å². The fraction of sp³-hybridized carbons (Fsp3) is 0.448. The highest BCUT2D eigenvalue weighted by Gasteiger charge is 2.50. The maximum Gasteiger partial charge on any atom is 0.417 e. The average Bonchev–Trinajstić information content (AvgIpc) is 3.11. The third-order valence-corrected chi connectivity index (χ3v) is 8.08. The lowest BCUT2D eigenvalue weighted by Crippen LogP contribution is -2.54. The molecule has 224 valence electrons. The summed E-state index contributed by atoms with van der Waals surface area (Å²) in [6.07, 6.45) is -5.09. The molecular weight excluding hydrogens is 571 g/mol. The topological polar surface area (TPSA) is 100 Å². The normalized spacial score (nSPS) is 19.3. The van der Waals surface area contributed by atoms with E-state index in [-0.39, 0.29) is 16.8 Å². The van der Waals surface area contributed by atoms with Crippen molar-refractivity contribution in [1.82, 2.24) is 9.80 Å². The van der Waals surface area contributed by atoms with E-state index in [1.54, 1.807) is 36.9 Å². The number of nitrogens with zero attached hydrogens (tertiary/aromatic N) is 5. The van der Waals surface area contributed by atoms with Crippen LogP contribution in [-0.4, -0.2) is 76.4 Å². The summed E-state index contributed by atoms with van der Waals surface area (Å²) in [7, 11) is 0. The van der Waals surface area contributed by atoms with Crippen molar-refractivity contribution in [3.8, 4) is 11.8 Å². The van der Waals surface area contributed by atoms with E-state index in [0.29, 0.717) is 50.6 Å². The number of carbonyl (C=O) groups excluding carboxylic acids is 1. The number of amides is 2. The van der Waals surface area contributed by atoms with Crippen molar-refractivity contribution in [2.75, 3.05) is 42.6 Å². The van der Waals surface area contributed by atoms with Crippen LogP contribution < -0.4 is 14.5 Å². The van der Waals surface area contributed by atoms with Crippen molar-refractivity contribution in [2.24, 2.45) is 0 Å². The van der Waals surface area contributed by atoms with Gasteiger partial charge >= 0.3 is 12.3 Å². The van der Waals surface area contributed by atoms with E-state index >= 15 is 0 Å². The summed E-state index contributed by atoms with van der Waals surface area (Å²) >= 11 is 5.65. The molecule has 4 rings (SSSR count). The molecule has 2 aromatic rings. The van der Waals surface area contributed by atoms with Gasteiger partial charge in [-0.1, -0.05) is 6.92 Å². The molecular formula is C29H32F3N5O4S. The Kier molecular flexibility index (Phi) is 8.71. The van der Waals surface area contributed by atoms with Gasteiger partial charge in [-0.05, 0) is 81.4 Å².